The predicted octanol–water partition coefficient (Wildman–Crippen LogP) is 4.87. The highest BCUT2D eigenvalue weighted by atomic mass is 14.9. The number of nitrogens with one attached hydrogen (secondary N) is 1. The summed E-state index contributed by atoms with van der Waals surface area (Å²) in [4.78, 5) is 4.44. The van der Waals surface area contributed by atoms with Gasteiger partial charge in [-0.15, -0.1) is 0 Å². The first-order valence-electron chi connectivity index (χ1n) is 7.96. The summed E-state index contributed by atoms with van der Waals surface area (Å²) in [5, 5.41) is 3.37. The number of pyridine rings is 1. The van der Waals surface area contributed by atoms with E-state index in [0.29, 0.717) is 6.04 Å². The number of nitrogens with zero attached hydrogens (tertiary/aromatic N) is 1. The summed E-state index contributed by atoms with van der Waals surface area (Å²) in [6.45, 7) is 2.27. The van der Waals surface area contributed by atoms with Crippen LogP contribution in [-0.4, -0.2) is 12.0 Å². The van der Waals surface area contributed by atoms with Gasteiger partial charge in [-0.05, 0) is 25.6 Å². The Morgan fingerprint density at radius 1 is 1.00 bits per heavy atom. The molecule has 1 unspecified atom stereocenters. The Bertz CT molecular complexity index is 297. The third kappa shape index (κ3) is 7.31. The average molecular weight is 262 g/mol. The molecule has 0 aliphatic carbocycles. The second-order valence-corrected chi connectivity index (χ2v) is 5.36. The lowest BCUT2D eigenvalue weighted by molar-refractivity contribution is 0.486. The zero-order valence-electron chi connectivity index (χ0n) is 12.7. The van der Waals surface area contributed by atoms with E-state index < -0.39 is 0 Å². The Balaban J connectivity index is 2.07. The van der Waals surface area contributed by atoms with Gasteiger partial charge in [0.15, 0.2) is 0 Å². The van der Waals surface area contributed by atoms with Gasteiger partial charge in [-0.25, -0.2) is 0 Å². The highest BCUT2D eigenvalue weighted by Crippen LogP contribution is 2.18. The molecule has 0 saturated heterocycles. The first-order chi connectivity index (χ1) is 9.38. The summed E-state index contributed by atoms with van der Waals surface area (Å²) in [6.07, 6.45) is 14.1. The van der Waals surface area contributed by atoms with Crippen LogP contribution in [0.1, 0.15) is 76.4 Å². The molecule has 0 fully saturated rings. The molecule has 2 heteroatoms. The van der Waals surface area contributed by atoms with Crippen LogP contribution in [0.25, 0.3) is 0 Å². The van der Waals surface area contributed by atoms with Gasteiger partial charge in [-0.1, -0.05) is 64.4 Å². The molecule has 0 bridgehead atoms. The van der Waals surface area contributed by atoms with Crippen LogP contribution in [-0.2, 0) is 0 Å². The van der Waals surface area contributed by atoms with E-state index in [-0.39, 0.29) is 0 Å². The highest BCUT2D eigenvalue weighted by molar-refractivity contribution is 5.08. The molecule has 0 aliphatic heterocycles. The number of rotatable bonds is 11. The van der Waals surface area contributed by atoms with E-state index >= 15 is 0 Å². The summed E-state index contributed by atoms with van der Waals surface area (Å²) < 4.78 is 0. The van der Waals surface area contributed by atoms with Gasteiger partial charge in [-0.3, -0.25) is 4.98 Å². The summed E-state index contributed by atoms with van der Waals surface area (Å²) >= 11 is 0. The lowest BCUT2D eigenvalue weighted by Gasteiger charge is -2.15. The molecule has 1 N–H and O–H groups in total. The van der Waals surface area contributed by atoms with Crippen molar-refractivity contribution in [2.24, 2.45) is 0 Å². The highest BCUT2D eigenvalue weighted by Gasteiger charge is 2.08. The van der Waals surface area contributed by atoms with Gasteiger partial charge in [0.1, 0.15) is 0 Å². The molecule has 2 nitrogen and oxygen atoms in total. The number of hydrogen-bond donors (Lipinski definition) is 1. The Labute approximate surface area is 119 Å². The predicted molar refractivity (Wildman–Crippen MR) is 83.3 cm³/mol. The van der Waals surface area contributed by atoms with Crippen LogP contribution in [0, 0.1) is 0 Å². The lowest BCUT2D eigenvalue weighted by Crippen LogP contribution is -2.17. The molecule has 108 valence electrons. The summed E-state index contributed by atoms with van der Waals surface area (Å²) in [7, 11) is 2.03. The minimum atomic E-state index is 0.418. The van der Waals surface area contributed by atoms with Gasteiger partial charge in [0.2, 0.25) is 0 Å². The Morgan fingerprint density at radius 2 is 1.68 bits per heavy atom. The van der Waals surface area contributed by atoms with E-state index in [4.69, 9.17) is 0 Å². The second kappa shape index (κ2) is 11.0. The maximum absolute atomic E-state index is 4.44. The molecule has 0 radical (unpaired) electrons. The van der Waals surface area contributed by atoms with Crippen LogP contribution < -0.4 is 5.32 Å². The van der Waals surface area contributed by atoms with Crippen LogP contribution in [0.2, 0.25) is 0 Å². The minimum Gasteiger partial charge on any atom is -0.312 e. The quantitative estimate of drug-likeness (QED) is 0.575. The molecule has 1 rings (SSSR count). The van der Waals surface area contributed by atoms with Crippen LogP contribution in [0.3, 0.4) is 0 Å². The maximum Gasteiger partial charge on any atom is 0.0573 e. The average Bonchev–Trinajstić information content (AvgIpc) is 2.47. The molecular formula is C17H30N2. The fourth-order valence-electron chi connectivity index (χ4n) is 2.50. The standard InChI is InChI=1S/C17H30N2/c1-3-4-5-6-7-8-9-10-13-16(18-2)17-14-11-12-15-19-17/h11-12,14-16,18H,3-10,13H2,1-2H3. The number of hydrogen-bond acceptors (Lipinski definition) is 2. The van der Waals surface area contributed by atoms with Crippen molar-refractivity contribution < 1.29 is 0 Å². The van der Waals surface area contributed by atoms with Crippen LogP contribution >= 0.6 is 0 Å². The summed E-state index contributed by atoms with van der Waals surface area (Å²) in [6, 6.07) is 6.58. The van der Waals surface area contributed by atoms with E-state index in [0.717, 1.165) is 0 Å². The molecule has 19 heavy (non-hydrogen) atoms. The first kappa shape index (κ1) is 16.2. The Kier molecular flexibility index (Phi) is 9.34. The van der Waals surface area contributed by atoms with Crippen molar-refractivity contribution in [1.29, 1.82) is 0 Å². The van der Waals surface area contributed by atoms with Crippen molar-refractivity contribution >= 4 is 0 Å². The second-order valence-electron chi connectivity index (χ2n) is 5.36. The maximum atomic E-state index is 4.44. The zero-order chi connectivity index (χ0) is 13.8. The fraction of sp³-hybridized carbons (Fsp3) is 0.706. The Morgan fingerprint density at radius 3 is 2.26 bits per heavy atom. The van der Waals surface area contributed by atoms with Gasteiger partial charge in [0.25, 0.3) is 0 Å². The molecule has 0 saturated carbocycles. The van der Waals surface area contributed by atoms with Gasteiger partial charge < -0.3 is 5.32 Å². The van der Waals surface area contributed by atoms with Crippen molar-refractivity contribution in [3.63, 3.8) is 0 Å². The van der Waals surface area contributed by atoms with Crippen molar-refractivity contribution in [2.75, 3.05) is 7.05 Å². The largest absolute Gasteiger partial charge is 0.312 e. The van der Waals surface area contributed by atoms with Gasteiger partial charge in [0, 0.05) is 12.2 Å². The van der Waals surface area contributed by atoms with Crippen molar-refractivity contribution in [1.82, 2.24) is 10.3 Å². The molecular weight excluding hydrogens is 232 g/mol. The van der Waals surface area contributed by atoms with Crippen LogP contribution in [0.4, 0.5) is 0 Å². The lowest BCUT2D eigenvalue weighted by atomic mass is 10.0. The third-order valence-corrected chi connectivity index (χ3v) is 3.74. The third-order valence-electron chi connectivity index (χ3n) is 3.74. The summed E-state index contributed by atoms with van der Waals surface area (Å²) in [5.74, 6) is 0. The van der Waals surface area contributed by atoms with E-state index in [1.807, 2.05) is 19.3 Å². The van der Waals surface area contributed by atoms with Gasteiger partial charge >= 0.3 is 0 Å². The monoisotopic (exact) mass is 262 g/mol. The van der Waals surface area contributed by atoms with Gasteiger partial charge in [0.05, 0.1) is 5.69 Å². The first-order valence-corrected chi connectivity index (χ1v) is 7.96. The van der Waals surface area contributed by atoms with E-state index in [9.17, 15) is 0 Å². The van der Waals surface area contributed by atoms with Gasteiger partial charge in [-0.2, -0.15) is 0 Å². The van der Waals surface area contributed by atoms with E-state index in [2.05, 4.69) is 29.4 Å². The molecule has 0 aromatic carbocycles. The van der Waals surface area contributed by atoms with E-state index in [1.165, 1.54) is 63.5 Å². The van der Waals surface area contributed by atoms with Crippen molar-refractivity contribution in [2.45, 2.75) is 70.8 Å². The SMILES string of the molecule is CCCCCCCCCCC(NC)c1ccccn1. The van der Waals surface area contributed by atoms with Crippen LogP contribution in [0.15, 0.2) is 24.4 Å². The molecule has 1 heterocycles. The molecule has 0 aliphatic rings. The van der Waals surface area contributed by atoms with Crippen molar-refractivity contribution in [3.05, 3.63) is 30.1 Å². The van der Waals surface area contributed by atoms with Crippen LogP contribution in [0.5, 0.6) is 0 Å². The topological polar surface area (TPSA) is 24.9 Å². The number of aromatic nitrogens is 1. The molecule has 0 amide bonds. The van der Waals surface area contributed by atoms with E-state index in [1.54, 1.807) is 0 Å². The van der Waals surface area contributed by atoms with Crippen molar-refractivity contribution in [3.8, 4) is 0 Å². The molecule has 1 aromatic rings. The number of unbranched alkanes of at least 4 members (excludes halogenated alkanes) is 7. The zero-order valence-corrected chi connectivity index (χ0v) is 12.7. The summed E-state index contributed by atoms with van der Waals surface area (Å²) in [5.41, 5.74) is 1.17. The molecule has 1 atom stereocenters. The normalized spacial score (nSPS) is 12.5. The Hall–Kier alpha value is -0.890. The molecule has 0 spiro atoms. The smallest absolute Gasteiger partial charge is 0.0573 e. The molecule has 1 aromatic heterocycles. The minimum absolute atomic E-state index is 0.418. The fourth-order valence-corrected chi connectivity index (χ4v) is 2.50.